The SMILES string of the molecule is CC(=O)c1c(C)cc(C#N)nc1N(C)C. The highest BCUT2D eigenvalue weighted by Crippen LogP contribution is 2.21. The number of Topliss-reactive ketones (excluding diaryl/α,β-unsaturated/α-hetero) is 1. The summed E-state index contributed by atoms with van der Waals surface area (Å²) in [7, 11) is 3.60. The van der Waals surface area contributed by atoms with Gasteiger partial charge in [0.25, 0.3) is 0 Å². The predicted molar refractivity (Wildman–Crippen MR) is 58.0 cm³/mol. The molecule has 1 rings (SSSR count). The highest BCUT2D eigenvalue weighted by Gasteiger charge is 2.15. The van der Waals surface area contributed by atoms with Crippen LogP contribution >= 0.6 is 0 Å². The van der Waals surface area contributed by atoms with E-state index >= 15 is 0 Å². The Bertz CT molecular complexity index is 444. The molecule has 0 aliphatic heterocycles. The summed E-state index contributed by atoms with van der Waals surface area (Å²) in [5.41, 5.74) is 1.71. The van der Waals surface area contributed by atoms with Gasteiger partial charge in [-0.2, -0.15) is 5.26 Å². The number of hydrogen-bond acceptors (Lipinski definition) is 4. The summed E-state index contributed by atoms with van der Waals surface area (Å²) >= 11 is 0. The van der Waals surface area contributed by atoms with Gasteiger partial charge in [-0.05, 0) is 25.5 Å². The lowest BCUT2D eigenvalue weighted by molar-refractivity contribution is 0.101. The standard InChI is InChI=1S/C11H13N3O/c1-7-5-9(6-12)13-11(14(3)4)10(7)8(2)15/h5H,1-4H3. The molecule has 4 nitrogen and oxygen atoms in total. The van der Waals surface area contributed by atoms with E-state index in [1.807, 2.05) is 13.0 Å². The minimum Gasteiger partial charge on any atom is -0.362 e. The van der Waals surface area contributed by atoms with Crippen molar-refractivity contribution in [2.24, 2.45) is 0 Å². The van der Waals surface area contributed by atoms with Crippen molar-refractivity contribution in [3.8, 4) is 6.07 Å². The Hall–Kier alpha value is -1.89. The van der Waals surface area contributed by atoms with Crippen molar-refractivity contribution >= 4 is 11.6 Å². The molecule has 0 fully saturated rings. The topological polar surface area (TPSA) is 57.0 Å². The molecule has 0 atom stereocenters. The van der Waals surface area contributed by atoms with Crippen molar-refractivity contribution in [2.75, 3.05) is 19.0 Å². The first-order valence-electron chi connectivity index (χ1n) is 4.57. The number of carbonyl (C=O) groups is 1. The van der Waals surface area contributed by atoms with Gasteiger partial charge in [-0.1, -0.05) is 0 Å². The predicted octanol–water partition coefficient (Wildman–Crippen LogP) is 1.53. The smallest absolute Gasteiger partial charge is 0.163 e. The second-order valence-corrected chi connectivity index (χ2v) is 3.59. The maximum absolute atomic E-state index is 11.4. The van der Waals surface area contributed by atoms with Crippen LogP contribution in [0.25, 0.3) is 0 Å². The summed E-state index contributed by atoms with van der Waals surface area (Å²) in [4.78, 5) is 17.3. The molecule has 0 spiro atoms. The lowest BCUT2D eigenvalue weighted by Crippen LogP contribution is -2.16. The molecular formula is C11H13N3O. The number of aromatic nitrogens is 1. The van der Waals surface area contributed by atoms with E-state index in [9.17, 15) is 4.79 Å². The van der Waals surface area contributed by atoms with Crippen molar-refractivity contribution < 1.29 is 4.79 Å². The van der Waals surface area contributed by atoms with Crippen LogP contribution in [-0.4, -0.2) is 24.9 Å². The molecule has 0 aromatic carbocycles. The Morgan fingerprint density at radius 2 is 2.13 bits per heavy atom. The van der Waals surface area contributed by atoms with Crippen molar-refractivity contribution in [1.29, 1.82) is 5.26 Å². The molecule has 1 aromatic heterocycles. The van der Waals surface area contributed by atoms with Gasteiger partial charge in [-0.15, -0.1) is 0 Å². The Labute approximate surface area is 89.2 Å². The summed E-state index contributed by atoms with van der Waals surface area (Å²) < 4.78 is 0. The zero-order valence-corrected chi connectivity index (χ0v) is 9.33. The molecule has 4 heteroatoms. The second-order valence-electron chi connectivity index (χ2n) is 3.59. The molecule has 0 saturated carbocycles. The number of aryl methyl sites for hydroxylation is 1. The quantitative estimate of drug-likeness (QED) is 0.684. The number of anilines is 1. The van der Waals surface area contributed by atoms with Crippen LogP contribution in [-0.2, 0) is 0 Å². The van der Waals surface area contributed by atoms with E-state index in [0.29, 0.717) is 17.1 Å². The molecule has 0 amide bonds. The van der Waals surface area contributed by atoms with Crippen molar-refractivity contribution in [3.63, 3.8) is 0 Å². The van der Waals surface area contributed by atoms with E-state index in [1.54, 1.807) is 25.1 Å². The third kappa shape index (κ3) is 2.13. The number of ketones is 1. The third-order valence-corrected chi connectivity index (χ3v) is 2.09. The van der Waals surface area contributed by atoms with Crippen LogP contribution in [0.2, 0.25) is 0 Å². The first kappa shape index (κ1) is 11.2. The van der Waals surface area contributed by atoms with Gasteiger partial charge in [0.1, 0.15) is 17.6 Å². The Kier molecular flexibility index (Phi) is 3.05. The monoisotopic (exact) mass is 203 g/mol. The van der Waals surface area contributed by atoms with Crippen LogP contribution in [0, 0.1) is 18.3 Å². The normalized spacial score (nSPS) is 9.53. The fraction of sp³-hybridized carbons (Fsp3) is 0.364. The van der Waals surface area contributed by atoms with Crippen molar-refractivity contribution in [2.45, 2.75) is 13.8 Å². The van der Waals surface area contributed by atoms with Crippen molar-refractivity contribution in [3.05, 3.63) is 22.9 Å². The number of rotatable bonds is 2. The fourth-order valence-corrected chi connectivity index (χ4v) is 1.47. The van der Waals surface area contributed by atoms with E-state index in [-0.39, 0.29) is 5.78 Å². The highest BCUT2D eigenvalue weighted by atomic mass is 16.1. The van der Waals surface area contributed by atoms with Crippen LogP contribution < -0.4 is 4.90 Å². The van der Waals surface area contributed by atoms with E-state index in [2.05, 4.69) is 4.98 Å². The van der Waals surface area contributed by atoms with Crippen LogP contribution in [0.15, 0.2) is 6.07 Å². The zero-order chi connectivity index (χ0) is 11.6. The lowest BCUT2D eigenvalue weighted by Gasteiger charge is -2.16. The minimum atomic E-state index is -0.0341. The van der Waals surface area contributed by atoms with E-state index in [0.717, 1.165) is 5.56 Å². The van der Waals surface area contributed by atoms with Gasteiger partial charge in [-0.3, -0.25) is 4.79 Å². The highest BCUT2D eigenvalue weighted by molar-refractivity contribution is 6.00. The Morgan fingerprint density at radius 1 is 1.53 bits per heavy atom. The number of nitrogens with zero attached hydrogens (tertiary/aromatic N) is 3. The van der Waals surface area contributed by atoms with Gasteiger partial charge >= 0.3 is 0 Å². The molecule has 1 aromatic rings. The molecule has 0 aliphatic carbocycles. The minimum absolute atomic E-state index is 0.0341. The summed E-state index contributed by atoms with van der Waals surface area (Å²) in [5.74, 6) is 0.521. The molecule has 1 heterocycles. The summed E-state index contributed by atoms with van der Waals surface area (Å²) in [6, 6.07) is 3.61. The van der Waals surface area contributed by atoms with Gasteiger partial charge in [-0.25, -0.2) is 4.98 Å². The van der Waals surface area contributed by atoms with Gasteiger partial charge in [0.05, 0.1) is 5.56 Å². The number of nitriles is 1. The Balaban J connectivity index is 3.51. The summed E-state index contributed by atoms with van der Waals surface area (Å²) in [6.07, 6.45) is 0. The molecule has 0 bridgehead atoms. The fourth-order valence-electron chi connectivity index (χ4n) is 1.47. The largest absolute Gasteiger partial charge is 0.362 e. The molecular weight excluding hydrogens is 190 g/mol. The van der Waals surface area contributed by atoms with Gasteiger partial charge < -0.3 is 4.90 Å². The third-order valence-electron chi connectivity index (χ3n) is 2.09. The first-order chi connectivity index (χ1) is 6.97. The van der Waals surface area contributed by atoms with Crippen LogP contribution in [0.4, 0.5) is 5.82 Å². The van der Waals surface area contributed by atoms with Gasteiger partial charge in [0.2, 0.25) is 0 Å². The molecule has 0 radical (unpaired) electrons. The lowest BCUT2D eigenvalue weighted by atomic mass is 10.1. The molecule has 0 N–H and O–H groups in total. The van der Waals surface area contributed by atoms with Crippen molar-refractivity contribution in [1.82, 2.24) is 4.98 Å². The van der Waals surface area contributed by atoms with Crippen LogP contribution in [0.5, 0.6) is 0 Å². The van der Waals surface area contributed by atoms with Gasteiger partial charge in [0.15, 0.2) is 5.78 Å². The van der Waals surface area contributed by atoms with Crippen LogP contribution in [0.1, 0.15) is 28.5 Å². The van der Waals surface area contributed by atoms with Crippen LogP contribution in [0.3, 0.4) is 0 Å². The maximum Gasteiger partial charge on any atom is 0.163 e. The number of carbonyl (C=O) groups excluding carboxylic acids is 1. The summed E-state index contributed by atoms with van der Waals surface area (Å²) in [6.45, 7) is 3.31. The second kappa shape index (κ2) is 4.09. The average Bonchev–Trinajstić information content (AvgIpc) is 2.15. The average molecular weight is 203 g/mol. The molecule has 0 unspecified atom stereocenters. The zero-order valence-electron chi connectivity index (χ0n) is 9.33. The molecule has 78 valence electrons. The maximum atomic E-state index is 11.4. The first-order valence-corrected chi connectivity index (χ1v) is 4.57. The van der Waals surface area contributed by atoms with E-state index in [4.69, 9.17) is 5.26 Å². The Morgan fingerprint density at radius 3 is 2.53 bits per heavy atom. The molecule has 15 heavy (non-hydrogen) atoms. The number of hydrogen-bond donors (Lipinski definition) is 0. The van der Waals surface area contributed by atoms with E-state index in [1.165, 1.54) is 6.92 Å². The van der Waals surface area contributed by atoms with Gasteiger partial charge in [0, 0.05) is 14.1 Å². The number of pyridine rings is 1. The summed E-state index contributed by atoms with van der Waals surface area (Å²) in [5, 5.41) is 8.78. The van der Waals surface area contributed by atoms with E-state index < -0.39 is 0 Å². The molecule has 0 aliphatic rings. The molecule has 0 saturated heterocycles.